The molecule has 1 N–H and O–H groups in total. The molecule has 8 heteroatoms. The minimum absolute atomic E-state index is 0.0766. The molecule has 3 saturated heterocycles. The van der Waals surface area contributed by atoms with Gasteiger partial charge in [0.1, 0.15) is 0 Å². The van der Waals surface area contributed by atoms with Gasteiger partial charge in [-0.1, -0.05) is 12.8 Å². The van der Waals surface area contributed by atoms with Gasteiger partial charge in [-0.05, 0) is 32.7 Å². The van der Waals surface area contributed by atoms with Gasteiger partial charge in [-0.3, -0.25) is 9.69 Å². The zero-order chi connectivity index (χ0) is 17.2. The number of carbonyl (C=O) groups is 1. The maximum atomic E-state index is 13.1. The van der Waals surface area contributed by atoms with E-state index in [4.69, 9.17) is 0 Å². The van der Waals surface area contributed by atoms with E-state index in [1.165, 1.54) is 0 Å². The van der Waals surface area contributed by atoms with Gasteiger partial charge < -0.3 is 5.32 Å². The van der Waals surface area contributed by atoms with E-state index in [1.54, 1.807) is 8.61 Å². The minimum atomic E-state index is -3.40. The third-order valence-corrected chi connectivity index (χ3v) is 7.89. The highest BCUT2D eigenvalue weighted by molar-refractivity contribution is 7.86. The van der Waals surface area contributed by atoms with Crippen LogP contribution in [0.2, 0.25) is 0 Å². The summed E-state index contributed by atoms with van der Waals surface area (Å²) >= 11 is 0. The highest BCUT2D eigenvalue weighted by Crippen LogP contribution is 2.32. The van der Waals surface area contributed by atoms with E-state index in [9.17, 15) is 13.2 Å². The number of rotatable bonds is 2. The normalized spacial score (nSPS) is 32.3. The summed E-state index contributed by atoms with van der Waals surface area (Å²) in [5, 5.41) is 2.92. The largest absolute Gasteiger partial charge is 0.356 e. The van der Waals surface area contributed by atoms with Crippen molar-refractivity contribution in [1.82, 2.24) is 18.8 Å². The molecule has 0 saturated carbocycles. The second-order valence-electron chi connectivity index (χ2n) is 7.40. The van der Waals surface area contributed by atoms with Crippen LogP contribution in [-0.2, 0) is 15.0 Å². The standard InChI is InChI=1S/C16H30N4O3S/c1-18-12-13-20(14-16(18)7-6-15(21)17-9-8-16)24(22,23)19-10-4-2-3-5-11-19/h2-14H2,1H3,(H,17,21)/t16-/m1/s1. The molecule has 0 bridgehead atoms. The first-order valence-corrected chi connectivity index (χ1v) is 10.6. The van der Waals surface area contributed by atoms with Crippen LogP contribution in [0, 0.1) is 0 Å². The number of likely N-dealkylation sites (N-methyl/N-ethyl adjacent to an activating group) is 1. The second kappa shape index (κ2) is 7.27. The molecule has 3 rings (SSSR count). The number of amides is 1. The van der Waals surface area contributed by atoms with Crippen LogP contribution < -0.4 is 5.32 Å². The van der Waals surface area contributed by atoms with Crippen molar-refractivity contribution in [3.05, 3.63) is 0 Å². The number of hydrogen-bond donors (Lipinski definition) is 1. The van der Waals surface area contributed by atoms with Gasteiger partial charge in [-0.15, -0.1) is 0 Å². The number of nitrogens with one attached hydrogen (secondary N) is 1. The quantitative estimate of drug-likeness (QED) is 0.775. The highest BCUT2D eigenvalue weighted by atomic mass is 32.2. The average molecular weight is 359 g/mol. The van der Waals surface area contributed by atoms with Gasteiger partial charge in [-0.2, -0.15) is 17.0 Å². The molecule has 0 aromatic carbocycles. The summed E-state index contributed by atoms with van der Waals surface area (Å²) < 4.78 is 29.6. The summed E-state index contributed by atoms with van der Waals surface area (Å²) in [4.78, 5) is 14.0. The molecular weight excluding hydrogens is 328 g/mol. The number of hydrogen-bond acceptors (Lipinski definition) is 4. The Morgan fingerprint density at radius 3 is 2.38 bits per heavy atom. The predicted molar refractivity (Wildman–Crippen MR) is 92.8 cm³/mol. The first kappa shape index (κ1) is 18.1. The van der Waals surface area contributed by atoms with E-state index in [-0.39, 0.29) is 11.4 Å². The molecule has 0 aromatic rings. The van der Waals surface area contributed by atoms with Gasteiger partial charge in [0.2, 0.25) is 5.91 Å². The first-order valence-electron chi connectivity index (χ1n) is 9.17. The maximum Gasteiger partial charge on any atom is 0.282 e. The molecule has 0 aliphatic carbocycles. The van der Waals surface area contributed by atoms with E-state index < -0.39 is 10.2 Å². The van der Waals surface area contributed by atoms with Crippen LogP contribution in [0.4, 0.5) is 0 Å². The van der Waals surface area contributed by atoms with Crippen molar-refractivity contribution < 1.29 is 13.2 Å². The van der Waals surface area contributed by atoms with E-state index in [0.29, 0.717) is 39.1 Å². The van der Waals surface area contributed by atoms with Crippen molar-refractivity contribution in [1.29, 1.82) is 0 Å². The Hall–Kier alpha value is -0.700. The van der Waals surface area contributed by atoms with E-state index >= 15 is 0 Å². The monoisotopic (exact) mass is 358 g/mol. The fourth-order valence-electron chi connectivity index (χ4n) is 4.19. The molecule has 7 nitrogen and oxygen atoms in total. The third-order valence-electron chi connectivity index (χ3n) is 5.91. The summed E-state index contributed by atoms with van der Waals surface area (Å²) in [6, 6.07) is 0. The van der Waals surface area contributed by atoms with Gasteiger partial charge in [0.15, 0.2) is 0 Å². The Kier molecular flexibility index (Phi) is 5.48. The van der Waals surface area contributed by atoms with Crippen LogP contribution in [0.25, 0.3) is 0 Å². The fourth-order valence-corrected chi connectivity index (χ4v) is 5.96. The van der Waals surface area contributed by atoms with E-state index in [2.05, 4.69) is 17.3 Å². The summed E-state index contributed by atoms with van der Waals surface area (Å²) in [6.07, 6.45) is 6.15. The lowest BCUT2D eigenvalue weighted by molar-refractivity contribution is -0.121. The molecule has 3 aliphatic heterocycles. The zero-order valence-corrected chi connectivity index (χ0v) is 15.5. The average Bonchev–Trinajstić information content (AvgIpc) is 2.93. The number of carbonyl (C=O) groups excluding carboxylic acids is 1. The molecule has 1 atom stereocenters. The van der Waals surface area contributed by atoms with Crippen LogP contribution in [0.5, 0.6) is 0 Å². The summed E-state index contributed by atoms with van der Waals surface area (Å²) in [7, 11) is -1.34. The Morgan fingerprint density at radius 2 is 1.67 bits per heavy atom. The lowest BCUT2D eigenvalue weighted by Gasteiger charge is -2.49. The van der Waals surface area contributed by atoms with Crippen molar-refractivity contribution in [3.8, 4) is 0 Å². The Bertz CT molecular complexity index is 560. The van der Waals surface area contributed by atoms with E-state index in [0.717, 1.165) is 45.1 Å². The second-order valence-corrected chi connectivity index (χ2v) is 9.33. The molecule has 1 spiro atoms. The van der Waals surface area contributed by atoms with Crippen LogP contribution in [0.3, 0.4) is 0 Å². The third kappa shape index (κ3) is 3.61. The summed E-state index contributed by atoms with van der Waals surface area (Å²) in [5.41, 5.74) is -0.226. The molecule has 0 radical (unpaired) electrons. The first-order chi connectivity index (χ1) is 11.4. The Labute approximate surface area is 145 Å². The van der Waals surface area contributed by atoms with Crippen LogP contribution >= 0.6 is 0 Å². The topological polar surface area (TPSA) is 73.0 Å². The maximum absolute atomic E-state index is 13.1. The smallest absolute Gasteiger partial charge is 0.282 e. The minimum Gasteiger partial charge on any atom is -0.356 e. The molecule has 138 valence electrons. The van der Waals surface area contributed by atoms with Gasteiger partial charge in [-0.25, -0.2) is 0 Å². The molecule has 0 aromatic heterocycles. The van der Waals surface area contributed by atoms with E-state index in [1.807, 2.05) is 0 Å². The lowest BCUT2D eigenvalue weighted by Crippen LogP contribution is -2.63. The van der Waals surface area contributed by atoms with Crippen molar-refractivity contribution in [2.45, 2.75) is 50.5 Å². The van der Waals surface area contributed by atoms with Gasteiger partial charge >= 0.3 is 0 Å². The van der Waals surface area contributed by atoms with Crippen molar-refractivity contribution in [2.75, 3.05) is 46.3 Å². The highest BCUT2D eigenvalue weighted by Gasteiger charge is 2.45. The zero-order valence-electron chi connectivity index (χ0n) is 14.7. The fraction of sp³-hybridized carbons (Fsp3) is 0.938. The summed E-state index contributed by atoms with van der Waals surface area (Å²) in [5.74, 6) is 0.0766. The Morgan fingerprint density at radius 1 is 0.958 bits per heavy atom. The Balaban J connectivity index is 1.77. The van der Waals surface area contributed by atoms with Gasteiger partial charge in [0, 0.05) is 51.2 Å². The van der Waals surface area contributed by atoms with Gasteiger partial charge in [0.05, 0.1) is 0 Å². The number of nitrogens with zero attached hydrogens (tertiary/aromatic N) is 3. The lowest BCUT2D eigenvalue weighted by atomic mass is 9.87. The molecule has 3 fully saturated rings. The molecular formula is C16H30N4O3S. The molecule has 24 heavy (non-hydrogen) atoms. The number of piperazine rings is 1. The van der Waals surface area contributed by atoms with Crippen LogP contribution in [0.15, 0.2) is 0 Å². The molecule has 1 amide bonds. The van der Waals surface area contributed by atoms with Crippen molar-refractivity contribution in [2.24, 2.45) is 0 Å². The predicted octanol–water partition coefficient (Wildman–Crippen LogP) is 0.394. The summed E-state index contributed by atoms with van der Waals surface area (Å²) in [6.45, 7) is 3.67. The van der Waals surface area contributed by atoms with Crippen LogP contribution in [-0.4, -0.2) is 79.7 Å². The molecule has 3 aliphatic rings. The van der Waals surface area contributed by atoms with Crippen LogP contribution in [0.1, 0.15) is 44.9 Å². The molecule has 0 unspecified atom stereocenters. The van der Waals surface area contributed by atoms with Crippen molar-refractivity contribution in [3.63, 3.8) is 0 Å². The van der Waals surface area contributed by atoms with Gasteiger partial charge in [0.25, 0.3) is 10.2 Å². The SMILES string of the molecule is CN1CCN(S(=O)(=O)N2CCCCCC2)C[C@@]12CCNC(=O)CC2. The molecule has 3 heterocycles. The van der Waals surface area contributed by atoms with Crippen molar-refractivity contribution >= 4 is 16.1 Å².